The van der Waals surface area contributed by atoms with Crippen LogP contribution < -0.4 is 0 Å². The highest BCUT2D eigenvalue weighted by atomic mass is 16.7. The molecular weight excluding hydrogens is 518 g/mol. The number of benzene rings is 3. The Morgan fingerprint density at radius 1 is 0.780 bits per heavy atom. The molecule has 4 rings (SSSR count). The number of ether oxygens (including phenoxy) is 5. The number of carbonyl (C=O) groups excluding carboxylic acids is 1. The third kappa shape index (κ3) is 9.68. The summed E-state index contributed by atoms with van der Waals surface area (Å²) >= 11 is 0. The van der Waals surface area contributed by atoms with Crippen molar-refractivity contribution >= 4 is 6.09 Å². The first kappa shape index (κ1) is 30.7. The maximum absolute atomic E-state index is 13.1. The van der Waals surface area contributed by atoms with Gasteiger partial charge in [0.25, 0.3) is 0 Å². The smallest absolute Gasteiger partial charge is 0.410 e. The van der Waals surface area contributed by atoms with E-state index in [1.54, 1.807) is 12.0 Å². The summed E-state index contributed by atoms with van der Waals surface area (Å²) in [6, 6.07) is 30.1. The zero-order chi connectivity index (χ0) is 29.1. The van der Waals surface area contributed by atoms with Gasteiger partial charge in [0, 0.05) is 20.2 Å². The van der Waals surface area contributed by atoms with Crippen LogP contribution in [0.25, 0.3) is 0 Å². The maximum atomic E-state index is 13.1. The number of amides is 1. The van der Waals surface area contributed by atoms with E-state index in [9.17, 15) is 4.79 Å². The molecule has 0 radical (unpaired) electrons. The molecule has 0 saturated carbocycles. The Balaban J connectivity index is 1.44. The molecule has 1 fully saturated rings. The predicted molar refractivity (Wildman–Crippen MR) is 158 cm³/mol. The van der Waals surface area contributed by atoms with Crippen molar-refractivity contribution in [1.29, 1.82) is 0 Å². The van der Waals surface area contributed by atoms with Crippen LogP contribution in [-0.4, -0.2) is 54.9 Å². The summed E-state index contributed by atoms with van der Waals surface area (Å²) in [5.74, 6) is 0. The van der Waals surface area contributed by atoms with Gasteiger partial charge in [-0.1, -0.05) is 91.0 Å². The summed E-state index contributed by atoms with van der Waals surface area (Å²) in [7, 11) is 1.63. The molecule has 0 aromatic heterocycles. The van der Waals surface area contributed by atoms with Crippen molar-refractivity contribution in [2.24, 2.45) is 0 Å². The van der Waals surface area contributed by atoms with Gasteiger partial charge in [0.1, 0.15) is 17.8 Å². The molecule has 0 spiro atoms. The van der Waals surface area contributed by atoms with Gasteiger partial charge in [0.15, 0.2) is 6.29 Å². The molecule has 0 aliphatic carbocycles. The van der Waals surface area contributed by atoms with Crippen LogP contribution in [0.4, 0.5) is 4.79 Å². The molecular formula is C34H43NO6. The molecule has 1 amide bonds. The summed E-state index contributed by atoms with van der Waals surface area (Å²) in [4.78, 5) is 14.8. The van der Waals surface area contributed by atoms with Crippen LogP contribution in [0.15, 0.2) is 91.0 Å². The third-order valence-corrected chi connectivity index (χ3v) is 6.85. The van der Waals surface area contributed by atoms with Gasteiger partial charge in [-0.3, -0.25) is 0 Å². The molecule has 3 aromatic carbocycles. The Morgan fingerprint density at radius 3 is 1.80 bits per heavy atom. The van der Waals surface area contributed by atoms with E-state index in [2.05, 4.69) is 0 Å². The van der Waals surface area contributed by atoms with E-state index in [1.807, 2.05) is 112 Å². The van der Waals surface area contributed by atoms with E-state index in [0.717, 1.165) is 16.7 Å². The van der Waals surface area contributed by atoms with Crippen LogP contribution in [0.1, 0.15) is 50.3 Å². The molecule has 1 aliphatic heterocycles. The minimum atomic E-state index is -0.577. The molecule has 7 nitrogen and oxygen atoms in total. The van der Waals surface area contributed by atoms with E-state index in [1.165, 1.54) is 0 Å². The highest BCUT2D eigenvalue weighted by Crippen LogP contribution is 2.31. The first-order valence-electron chi connectivity index (χ1n) is 14.3. The number of rotatable bonds is 13. The standard InChI is InChI=1S/C34H43NO6/c1-34(2,3)41-33(36)35(23-26-15-8-5-9-16-26)22-14-21-29-30(38-24-27-17-10-6-11-18-27)31(32(37-4)40-29)39-25-28-19-12-7-13-20-28/h5-13,15-20,29-32H,14,21-25H2,1-4H3/t29?,30-,31-,32?/m1/s1. The van der Waals surface area contributed by atoms with Gasteiger partial charge < -0.3 is 28.6 Å². The Labute approximate surface area is 244 Å². The second-order valence-corrected chi connectivity index (χ2v) is 11.3. The van der Waals surface area contributed by atoms with Gasteiger partial charge in [-0.25, -0.2) is 4.79 Å². The van der Waals surface area contributed by atoms with Crippen molar-refractivity contribution < 1.29 is 28.5 Å². The highest BCUT2D eigenvalue weighted by molar-refractivity contribution is 5.68. The van der Waals surface area contributed by atoms with Crippen LogP contribution in [0.3, 0.4) is 0 Å². The molecule has 220 valence electrons. The molecule has 4 atom stereocenters. The van der Waals surface area contributed by atoms with Gasteiger partial charge in [0.2, 0.25) is 0 Å². The number of nitrogens with zero attached hydrogens (tertiary/aromatic N) is 1. The highest BCUT2D eigenvalue weighted by Gasteiger charge is 2.46. The van der Waals surface area contributed by atoms with Gasteiger partial charge in [0.05, 0.1) is 19.3 Å². The lowest BCUT2D eigenvalue weighted by Crippen LogP contribution is -2.39. The van der Waals surface area contributed by atoms with E-state index >= 15 is 0 Å². The molecule has 0 bridgehead atoms. The normalized spacial score (nSPS) is 20.6. The molecule has 41 heavy (non-hydrogen) atoms. The number of carbonyl (C=O) groups is 1. The van der Waals surface area contributed by atoms with Crippen molar-refractivity contribution in [3.63, 3.8) is 0 Å². The van der Waals surface area contributed by atoms with Crippen molar-refractivity contribution in [1.82, 2.24) is 4.90 Å². The van der Waals surface area contributed by atoms with Crippen LogP contribution in [0.2, 0.25) is 0 Å². The molecule has 1 heterocycles. The fraction of sp³-hybridized carbons (Fsp3) is 0.441. The average Bonchev–Trinajstić information content (AvgIpc) is 3.31. The summed E-state index contributed by atoms with van der Waals surface area (Å²) in [6.07, 6.45) is -0.530. The van der Waals surface area contributed by atoms with E-state index in [0.29, 0.717) is 39.1 Å². The summed E-state index contributed by atoms with van der Waals surface area (Å²) in [6.45, 7) is 7.50. The molecule has 3 aromatic rings. The molecule has 1 saturated heterocycles. The minimum Gasteiger partial charge on any atom is -0.444 e. The summed E-state index contributed by atoms with van der Waals surface area (Å²) in [5, 5.41) is 0. The number of hydrogen-bond donors (Lipinski definition) is 0. The van der Waals surface area contributed by atoms with Crippen LogP contribution in [0.5, 0.6) is 0 Å². The van der Waals surface area contributed by atoms with Gasteiger partial charge in [-0.05, 0) is 50.3 Å². The second kappa shape index (κ2) is 15.1. The zero-order valence-electron chi connectivity index (χ0n) is 24.6. The van der Waals surface area contributed by atoms with E-state index in [-0.39, 0.29) is 18.3 Å². The van der Waals surface area contributed by atoms with E-state index in [4.69, 9.17) is 23.7 Å². The third-order valence-electron chi connectivity index (χ3n) is 6.85. The Hall–Kier alpha value is -3.23. The largest absolute Gasteiger partial charge is 0.444 e. The Kier molecular flexibility index (Phi) is 11.3. The topological polar surface area (TPSA) is 66.5 Å². The quantitative estimate of drug-likeness (QED) is 0.230. The van der Waals surface area contributed by atoms with Crippen molar-refractivity contribution in [2.75, 3.05) is 13.7 Å². The van der Waals surface area contributed by atoms with Gasteiger partial charge in [-0.2, -0.15) is 0 Å². The van der Waals surface area contributed by atoms with Gasteiger partial charge in [-0.15, -0.1) is 0 Å². The maximum Gasteiger partial charge on any atom is 0.410 e. The van der Waals surface area contributed by atoms with Crippen LogP contribution in [-0.2, 0) is 43.4 Å². The van der Waals surface area contributed by atoms with E-state index < -0.39 is 18.0 Å². The lowest BCUT2D eigenvalue weighted by atomic mass is 10.0. The summed E-state index contributed by atoms with van der Waals surface area (Å²) < 4.78 is 30.6. The zero-order valence-corrected chi connectivity index (χ0v) is 24.6. The fourth-order valence-corrected chi connectivity index (χ4v) is 4.87. The lowest BCUT2D eigenvalue weighted by molar-refractivity contribution is -0.167. The Bertz CT molecular complexity index is 1170. The molecule has 7 heteroatoms. The van der Waals surface area contributed by atoms with Crippen molar-refractivity contribution in [3.8, 4) is 0 Å². The van der Waals surface area contributed by atoms with Crippen LogP contribution >= 0.6 is 0 Å². The molecule has 2 unspecified atom stereocenters. The first-order chi connectivity index (χ1) is 19.8. The summed E-state index contributed by atoms with van der Waals surface area (Å²) in [5.41, 5.74) is 2.62. The van der Waals surface area contributed by atoms with Crippen LogP contribution in [0, 0.1) is 0 Å². The van der Waals surface area contributed by atoms with Crippen molar-refractivity contribution in [3.05, 3.63) is 108 Å². The SMILES string of the molecule is COC1OC(CCCN(Cc2ccccc2)C(=O)OC(C)(C)C)[C@@H](OCc2ccccc2)[C@H]1OCc1ccccc1. The monoisotopic (exact) mass is 561 g/mol. The number of hydrogen-bond acceptors (Lipinski definition) is 6. The van der Waals surface area contributed by atoms with Crippen molar-refractivity contribution in [2.45, 2.75) is 83.6 Å². The fourth-order valence-electron chi connectivity index (χ4n) is 4.87. The van der Waals surface area contributed by atoms with Gasteiger partial charge >= 0.3 is 6.09 Å². The lowest BCUT2D eigenvalue weighted by Gasteiger charge is -2.28. The first-order valence-corrected chi connectivity index (χ1v) is 14.3. The Morgan fingerprint density at radius 2 is 1.29 bits per heavy atom. The minimum absolute atomic E-state index is 0.262. The molecule has 0 N–H and O–H groups in total. The second-order valence-electron chi connectivity index (χ2n) is 11.3. The number of methoxy groups -OCH3 is 1. The molecule has 1 aliphatic rings. The average molecular weight is 562 g/mol. The predicted octanol–water partition coefficient (Wildman–Crippen LogP) is 6.75.